The first-order chi connectivity index (χ1) is 9.02. The summed E-state index contributed by atoms with van der Waals surface area (Å²) in [6.45, 7) is 0. The van der Waals surface area contributed by atoms with Crippen molar-refractivity contribution in [2.24, 2.45) is 12.8 Å². The Kier molecular flexibility index (Phi) is 3.66. The Balaban J connectivity index is 2.36. The number of carboxylic acid groups (broad SMARTS) is 1. The van der Waals surface area contributed by atoms with Crippen LogP contribution in [0.2, 0.25) is 0 Å². The molecule has 0 aromatic carbocycles. The Labute approximate surface area is 110 Å². The summed E-state index contributed by atoms with van der Waals surface area (Å²) >= 11 is 0. The Morgan fingerprint density at radius 2 is 2.37 bits per heavy atom. The van der Waals surface area contributed by atoms with E-state index in [9.17, 15) is 4.79 Å². The fourth-order valence-corrected chi connectivity index (χ4v) is 1.95. The van der Waals surface area contributed by atoms with Crippen molar-refractivity contribution in [3.63, 3.8) is 0 Å². The first kappa shape index (κ1) is 13.3. The number of nitrogens with two attached hydrogens (primary N) is 1. The van der Waals surface area contributed by atoms with Crippen LogP contribution in [0, 0.1) is 0 Å². The minimum Gasteiger partial charge on any atom is -0.481 e. The van der Waals surface area contributed by atoms with Crippen molar-refractivity contribution in [2.45, 2.75) is 18.9 Å². The van der Waals surface area contributed by atoms with E-state index in [2.05, 4.69) is 9.97 Å². The molecule has 102 valence electrons. The minimum atomic E-state index is -0.858. The third-order valence-electron chi connectivity index (χ3n) is 2.95. The quantitative estimate of drug-likeness (QED) is 0.829. The lowest BCUT2D eigenvalue weighted by Crippen LogP contribution is -2.12. The fraction of sp³-hybridized carbons (Fsp3) is 0.417. The van der Waals surface area contributed by atoms with Crippen LogP contribution in [0.5, 0.6) is 5.88 Å². The first-order valence-corrected chi connectivity index (χ1v) is 5.86. The third kappa shape index (κ3) is 2.65. The lowest BCUT2D eigenvalue weighted by Gasteiger charge is -2.08. The van der Waals surface area contributed by atoms with Crippen molar-refractivity contribution in [3.8, 4) is 5.88 Å². The smallest absolute Gasteiger partial charge is 0.303 e. The molecule has 0 fully saturated rings. The number of rotatable bonds is 5. The summed E-state index contributed by atoms with van der Waals surface area (Å²) in [6, 6.07) is -0.373. The average molecular weight is 264 g/mol. The summed E-state index contributed by atoms with van der Waals surface area (Å²) in [5.74, 6) is -0.428. The molecule has 0 spiro atoms. The second-order valence-corrected chi connectivity index (χ2v) is 4.32. The van der Waals surface area contributed by atoms with Crippen LogP contribution >= 0.6 is 0 Å². The highest BCUT2D eigenvalue weighted by molar-refractivity contribution is 5.77. The molecule has 1 unspecified atom stereocenters. The average Bonchev–Trinajstić information content (AvgIpc) is 2.73. The molecule has 0 radical (unpaired) electrons. The molecule has 0 amide bonds. The normalized spacial score (nSPS) is 12.6. The molecule has 2 aromatic rings. The molecule has 2 rings (SSSR count). The van der Waals surface area contributed by atoms with Crippen LogP contribution in [0.3, 0.4) is 0 Å². The van der Waals surface area contributed by atoms with Crippen molar-refractivity contribution in [1.29, 1.82) is 0 Å². The topological polar surface area (TPSA) is 103 Å². The molecule has 7 heteroatoms. The number of carbonyl (C=O) groups is 1. The van der Waals surface area contributed by atoms with E-state index in [1.807, 2.05) is 13.2 Å². The van der Waals surface area contributed by atoms with Crippen molar-refractivity contribution >= 4 is 17.1 Å². The monoisotopic (exact) mass is 264 g/mol. The summed E-state index contributed by atoms with van der Waals surface area (Å²) < 4.78 is 6.84. The fourth-order valence-electron chi connectivity index (χ4n) is 1.95. The highest BCUT2D eigenvalue weighted by Gasteiger charge is 2.17. The van der Waals surface area contributed by atoms with E-state index in [1.165, 1.54) is 13.3 Å². The maximum Gasteiger partial charge on any atom is 0.303 e. The number of nitrogens with zero attached hydrogens (tertiary/aromatic N) is 3. The van der Waals surface area contributed by atoms with Crippen molar-refractivity contribution in [3.05, 3.63) is 18.0 Å². The van der Waals surface area contributed by atoms with Crippen LogP contribution in [-0.4, -0.2) is 32.7 Å². The molecular weight excluding hydrogens is 248 g/mol. The molecule has 7 nitrogen and oxygen atoms in total. The Morgan fingerprint density at radius 3 is 3.00 bits per heavy atom. The van der Waals surface area contributed by atoms with Gasteiger partial charge < -0.3 is 20.1 Å². The number of aryl methyl sites for hydroxylation is 1. The van der Waals surface area contributed by atoms with Crippen LogP contribution in [0.1, 0.15) is 24.4 Å². The van der Waals surface area contributed by atoms with E-state index in [1.54, 1.807) is 4.57 Å². The van der Waals surface area contributed by atoms with Gasteiger partial charge in [-0.3, -0.25) is 4.79 Å². The Hall–Kier alpha value is -2.15. The summed E-state index contributed by atoms with van der Waals surface area (Å²) in [5, 5.41) is 8.69. The highest BCUT2D eigenvalue weighted by Crippen LogP contribution is 2.25. The van der Waals surface area contributed by atoms with E-state index in [4.69, 9.17) is 15.6 Å². The number of aromatic nitrogens is 3. The number of ether oxygens (including phenoxy) is 1. The molecule has 0 aliphatic heterocycles. The van der Waals surface area contributed by atoms with Gasteiger partial charge >= 0.3 is 5.97 Å². The molecule has 0 saturated heterocycles. The molecule has 2 heterocycles. The number of methoxy groups -OCH3 is 1. The molecule has 1 atom stereocenters. The molecular formula is C12H16N4O3. The SMILES string of the molecule is COc1cnc2c(C(N)CCC(=O)O)cn(C)c2n1. The number of carboxylic acids is 1. The van der Waals surface area contributed by atoms with Gasteiger partial charge in [-0.1, -0.05) is 0 Å². The van der Waals surface area contributed by atoms with Gasteiger partial charge in [-0.2, -0.15) is 4.98 Å². The third-order valence-corrected chi connectivity index (χ3v) is 2.95. The largest absolute Gasteiger partial charge is 0.481 e. The Morgan fingerprint density at radius 1 is 1.63 bits per heavy atom. The zero-order valence-electron chi connectivity index (χ0n) is 10.8. The summed E-state index contributed by atoms with van der Waals surface area (Å²) in [7, 11) is 3.36. The van der Waals surface area contributed by atoms with Gasteiger partial charge in [0.2, 0.25) is 5.88 Å². The first-order valence-electron chi connectivity index (χ1n) is 5.86. The summed E-state index contributed by atoms with van der Waals surface area (Å²) in [5.41, 5.74) is 8.17. The predicted octanol–water partition coefficient (Wildman–Crippen LogP) is 0.841. The molecule has 0 aliphatic carbocycles. The van der Waals surface area contributed by atoms with Gasteiger partial charge in [-0.05, 0) is 6.42 Å². The lowest BCUT2D eigenvalue weighted by molar-refractivity contribution is -0.137. The standard InChI is InChI=1S/C12H16N4O3/c1-16-6-7(8(13)3-4-10(17)18)11-12(16)15-9(19-2)5-14-11/h5-6,8H,3-4,13H2,1-2H3,(H,17,18). The second-order valence-electron chi connectivity index (χ2n) is 4.32. The number of aliphatic carboxylic acids is 1. The van der Waals surface area contributed by atoms with Gasteiger partial charge in [0, 0.05) is 31.3 Å². The van der Waals surface area contributed by atoms with Crippen molar-refractivity contribution < 1.29 is 14.6 Å². The summed E-state index contributed by atoms with van der Waals surface area (Å²) in [6.07, 6.45) is 3.75. The maximum absolute atomic E-state index is 10.6. The van der Waals surface area contributed by atoms with Gasteiger partial charge in [0.05, 0.1) is 13.3 Å². The predicted molar refractivity (Wildman–Crippen MR) is 68.9 cm³/mol. The van der Waals surface area contributed by atoms with Gasteiger partial charge in [0.15, 0.2) is 5.65 Å². The van der Waals surface area contributed by atoms with Crippen molar-refractivity contribution in [1.82, 2.24) is 14.5 Å². The molecule has 3 N–H and O–H groups in total. The molecule has 19 heavy (non-hydrogen) atoms. The van der Waals surface area contributed by atoms with E-state index in [-0.39, 0.29) is 12.5 Å². The number of hydrogen-bond acceptors (Lipinski definition) is 5. The van der Waals surface area contributed by atoms with E-state index >= 15 is 0 Å². The van der Waals surface area contributed by atoms with Crippen LogP contribution in [-0.2, 0) is 11.8 Å². The van der Waals surface area contributed by atoms with Crippen LogP contribution in [0.4, 0.5) is 0 Å². The van der Waals surface area contributed by atoms with Gasteiger partial charge in [-0.15, -0.1) is 0 Å². The molecule has 0 bridgehead atoms. The van der Waals surface area contributed by atoms with E-state index in [0.717, 1.165) is 5.56 Å². The van der Waals surface area contributed by atoms with Crippen LogP contribution in [0.15, 0.2) is 12.4 Å². The van der Waals surface area contributed by atoms with Gasteiger partial charge in [0.25, 0.3) is 0 Å². The molecule has 2 aromatic heterocycles. The zero-order valence-corrected chi connectivity index (χ0v) is 10.8. The summed E-state index contributed by atoms with van der Waals surface area (Å²) in [4.78, 5) is 19.2. The molecule has 0 saturated carbocycles. The van der Waals surface area contributed by atoms with Crippen LogP contribution in [0.25, 0.3) is 11.2 Å². The maximum atomic E-state index is 10.6. The van der Waals surface area contributed by atoms with Gasteiger partial charge in [0.1, 0.15) is 5.52 Å². The van der Waals surface area contributed by atoms with Crippen LogP contribution < -0.4 is 10.5 Å². The lowest BCUT2D eigenvalue weighted by atomic mass is 10.1. The number of fused-ring (bicyclic) bond motifs is 1. The highest BCUT2D eigenvalue weighted by atomic mass is 16.5. The zero-order chi connectivity index (χ0) is 14.0. The van der Waals surface area contributed by atoms with E-state index < -0.39 is 5.97 Å². The minimum absolute atomic E-state index is 0.0289. The molecule has 0 aliphatic rings. The Bertz CT molecular complexity index is 608. The second kappa shape index (κ2) is 5.23. The van der Waals surface area contributed by atoms with Crippen molar-refractivity contribution in [2.75, 3.05) is 7.11 Å². The number of hydrogen-bond donors (Lipinski definition) is 2. The van der Waals surface area contributed by atoms with E-state index in [0.29, 0.717) is 23.5 Å². The van der Waals surface area contributed by atoms with Gasteiger partial charge in [-0.25, -0.2) is 4.98 Å².